The van der Waals surface area contributed by atoms with Crippen LogP contribution in [0.5, 0.6) is 5.75 Å². The molecule has 0 spiro atoms. The molecule has 1 rings (SSSR count). The summed E-state index contributed by atoms with van der Waals surface area (Å²) in [6.07, 6.45) is 0. The molecule has 0 saturated carbocycles. The summed E-state index contributed by atoms with van der Waals surface area (Å²) >= 11 is 5.86. The van der Waals surface area contributed by atoms with Crippen LogP contribution in [0.2, 0.25) is 5.02 Å². The molecule has 4 nitrogen and oxygen atoms in total. The van der Waals surface area contributed by atoms with Gasteiger partial charge in [-0.15, -0.1) is 0 Å². The molecule has 16 heavy (non-hydrogen) atoms. The molecule has 0 atom stereocenters. The molecule has 0 aliphatic heterocycles. The molecular formula is C10H14ClNO3S. The lowest BCUT2D eigenvalue weighted by Gasteiger charge is -2.07. The summed E-state index contributed by atoms with van der Waals surface area (Å²) in [7, 11) is -0.0850. The zero-order valence-corrected chi connectivity index (χ0v) is 10.7. The van der Waals surface area contributed by atoms with E-state index in [0.717, 1.165) is 0 Å². The van der Waals surface area contributed by atoms with Crippen molar-refractivity contribution in [2.75, 3.05) is 26.5 Å². The van der Waals surface area contributed by atoms with Gasteiger partial charge in [0.25, 0.3) is 0 Å². The average Bonchev–Trinajstić information content (AvgIpc) is 2.26. The molecule has 0 unspecified atom stereocenters. The van der Waals surface area contributed by atoms with E-state index in [9.17, 15) is 8.42 Å². The molecule has 0 aliphatic carbocycles. The van der Waals surface area contributed by atoms with Crippen molar-refractivity contribution in [3.05, 3.63) is 23.2 Å². The number of benzene rings is 1. The number of hydrogen-bond acceptors (Lipinski definition) is 4. The van der Waals surface area contributed by atoms with Crippen LogP contribution in [-0.4, -0.2) is 34.9 Å². The van der Waals surface area contributed by atoms with E-state index < -0.39 is 9.84 Å². The van der Waals surface area contributed by atoms with Gasteiger partial charge < -0.3 is 10.1 Å². The molecule has 0 radical (unpaired) electrons. The Hall–Kier alpha value is -0.780. The van der Waals surface area contributed by atoms with E-state index in [-0.39, 0.29) is 10.6 Å². The first kappa shape index (κ1) is 13.3. The fraction of sp³-hybridized carbons (Fsp3) is 0.400. The number of methoxy groups -OCH3 is 1. The number of nitrogens with one attached hydrogen (secondary N) is 1. The molecule has 90 valence electrons. The van der Waals surface area contributed by atoms with Gasteiger partial charge in [-0.2, -0.15) is 0 Å². The SMILES string of the molecule is CNCCS(=O)(=O)c1ccc(OC)c(Cl)c1. The lowest BCUT2D eigenvalue weighted by atomic mass is 10.3. The Labute approximate surface area is 100 Å². The van der Waals surface area contributed by atoms with Crippen molar-refractivity contribution in [1.29, 1.82) is 0 Å². The van der Waals surface area contributed by atoms with Crippen LogP contribution < -0.4 is 10.1 Å². The van der Waals surface area contributed by atoms with Gasteiger partial charge in [0, 0.05) is 6.54 Å². The summed E-state index contributed by atoms with van der Waals surface area (Å²) in [5.74, 6) is 0.515. The average molecular weight is 264 g/mol. The summed E-state index contributed by atoms with van der Waals surface area (Å²) in [6.45, 7) is 0.409. The largest absolute Gasteiger partial charge is 0.495 e. The molecule has 0 bridgehead atoms. The summed E-state index contributed by atoms with van der Waals surface area (Å²) in [6, 6.07) is 4.45. The first-order chi connectivity index (χ1) is 7.51. The Bertz CT molecular complexity index is 459. The van der Waals surface area contributed by atoms with Crippen molar-refractivity contribution in [3.8, 4) is 5.75 Å². The van der Waals surface area contributed by atoms with Gasteiger partial charge in [-0.05, 0) is 25.2 Å². The fourth-order valence-electron chi connectivity index (χ4n) is 1.19. The van der Waals surface area contributed by atoms with Crippen molar-refractivity contribution in [3.63, 3.8) is 0 Å². The quantitative estimate of drug-likeness (QED) is 0.871. The highest BCUT2D eigenvalue weighted by Crippen LogP contribution is 2.27. The molecule has 0 saturated heterocycles. The van der Waals surface area contributed by atoms with Crippen molar-refractivity contribution in [2.45, 2.75) is 4.90 Å². The maximum absolute atomic E-state index is 11.8. The normalized spacial score (nSPS) is 11.4. The topological polar surface area (TPSA) is 55.4 Å². The molecule has 0 aromatic heterocycles. The van der Waals surface area contributed by atoms with Gasteiger partial charge in [0.1, 0.15) is 5.75 Å². The fourth-order valence-corrected chi connectivity index (χ4v) is 2.80. The molecular weight excluding hydrogens is 250 g/mol. The molecule has 1 aromatic carbocycles. The molecule has 1 aromatic rings. The Morgan fingerprint density at radius 2 is 2.12 bits per heavy atom. The van der Waals surface area contributed by atoms with Gasteiger partial charge in [-0.3, -0.25) is 0 Å². The number of rotatable bonds is 5. The van der Waals surface area contributed by atoms with Crippen LogP contribution in [-0.2, 0) is 9.84 Å². The molecule has 6 heteroatoms. The first-order valence-electron chi connectivity index (χ1n) is 4.72. The maximum Gasteiger partial charge on any atom is 0.179 e. The van der Waals surface area contributed by atoms with Crippen LogP contribution in [0.1, 0.15) is 0 Å². The van der Waals surface area contributed by atoms with Crippen molar-refractivity contribution in [2.24, 2.45) is 0 Å². The Morgan fingerprint density at radius 3 is 2.62 bits per heavy atom. The highest BCUT2D eigenvalue weighted by Gasteiger charge is 2.15. The van der Waals surface area contributed by atoms with Crippen molar-refractivity contribution in [1.82, 2.24) is 5.32 Å². The molecule has 0 aliphatic rings. The lowest BCUT2D eigenvalue weighted by Crippen LogP contribution is -2.19. The van der Waals surface area contributed by atoms with Crippen LogP contribution in [0.25, 0.3) is 0 Å². The Balaban J connectivity index is 3.01. The van der Waals surface area contributed by atoms with Gasteiger partial charge in [0.2, 0.25) is 0 Å². The summed E-state index contributed by atoms with van der Waals surface area (Å²) in [5.41, 5.74) is 0. The van der Waals surface area contributed by atoms with Crippen LogP contribution in [0.15, 0.2) is 23.1 Å². The van der Waals surface area contributed by atoms with Gasteiger partial charge in [-0.25, -0.2) is 8.42 Å². The van der Waals surface area contributed by atoms with Crippen molar-refractivity contribution < 1.29 is 13.2 Å². The van der Waals surface area contributed by atoms with E-state index in [1.165, 1.54) is 19.2 Å². The standard InChI is InChI=1S/C10H14ClNO3S/c1-12-5-6-16(13,14)8-3-4-10(15-2)9(11)7-8/h3-4,7,12H,5-6H2,1-2H3. The predicted molar refractivity (Wildman–Crippen MR) is 64.0 cm³/mol. The van der Waals surface area contributed by atoms with E-state index in [2.05, 4.69) is 5.32 Å². The minimum Gasteiger partial charge on any atom is -0.495 e. The third-order valence-electron chi connectivity index (χ3n) is 2.10. The van der Waals surface area contributed by atoms with E-state index >= 15 is 0 Å². The summed E-state index contributed by atoms with van der Waals surface area (Å²) in [5, 5.41) is 3.09. The van der Waals surface area contributed by atoms with Crippen LogP contribution in [0.3, 0.4) is 0 Å². The molecule has 1 N–H and O–H groups in total. The van der Waals surface area contributed by atoms with Gasteiger partial charge in [0.15, 0.2) is 9.84 Å². The second-order valence-corrected chi connectivity index (χ2v) is 5.74. The number of sulfone groups is 1. The summed E-state index contributed by atoms with van der Waals surface area (Å²) in [4.78, 5) is 0.216. The van der Waals surface area contributed by atoms with E-state index in [4.69, 9.17) is 16.3 Å². The van der Waals surface area contributed by atoms with Crippen LogP contribution >= 0.6 is 11.6 Å². The van der Waals surface area contributed by atoms with E-state index in [1.807, 2.05) is 0 Å². The zero-order chi connectivity index (χ0) is 12.2. The highest BCUT2D eigenvalue weighted by molar-refractivity contribution is 7.91. The van der Waals surface area contributed by atoms with Gasteiger partial charge >= 0.3 is 0 Å². The molecule has 0 heterocycles. The predicted octanol–water partition coefficient (Wildman–Crippen LogP) is 1.34. The van der Waals surface area contributed by atoms with E-state index in [0.29, 0.717) is 17.3 Å². The Kier molecular flexibility index (Phi) is 4.58. The second kappa shape index (κ2) is 5.52. The van der Waals surface area contributed by atoms with Crippen LogP contribution in [0.4, 0.5) is 0 Å². The van der Waals surface area contributed by atoms with Gasteiger partial charge in [-0.1, -0.05) is 11.6 Å². The monoisotopic (exact) mass is 263 g/mol. The van der Waals surface area contributed by atoms with E-state index in [1.54, 1.807) is 13.1 Å². The third-order valence-corrected chi connectivity index (χ3v) is 4.11. The van der Waals surface area contributed by atoms with Crippen LogP contribution in [0, 0.1) is 0 Å². The third kappa shape index (κ3) is 3.10. The number of halogens is 1. The molecule has 0 amide bonds. The minimum atomic E-state index is -3.27. The molecule has 0 fully saturated rings. The van der Waals surface area contributed by atoms with Gasteiger partial charge in [0.05, 0.1) is 22.8 Å². The summed E-state index contributed by atoms with van der Waals surface area (Å²) < 4.78 is 28.6. The number of ether oxygens (including phenoxy) is 1. The smallest absolute Gasteiger partial charge is 0.179 e. The Morgan fingerprint density at radius 1 is 1.44 bits per heavy atom. The maximum atomic E-state index is 11.8. The lowest BCUT2D eigenvalue weighted by molar-refractivity contribution is 0.414. The second-order valence-electron chi connectivity index (χ2n) is 3.22. The zero-order valence-electron chi connectivity index (χ0n) is 9.16. The highest BCUT2D eigenvalue weighted by atomic mass is 35.5. The van der Waals surface area contributed by atoms with Crippen molar-refractivity contribution >= 4 is 21.4 Å². The number of hydrogen-bond donors (Lipinski definition) is 1. The minimum absolute atomic E-state index is 0.0478. The first-order valence-corrected chi connectivity index (χ1v) is 6.75.